The average molecular weight is 636 g/mol. The molecule has 0 aliphatic heterocycles. The fraction of sp³-hybridized carbons (Fsp3) is 0.0426. The average Bonchev–Trinajstić information content (AvgIpc) is 3.52. The van der Waals surface area contributed by atoms with Crippen molar-refractivity contribution >= 4 is 71.8 Å². The van der Waals surface area contributed by atoms with Gasteiger partial charge in [0.2, 0.25) is 0 Å². The molecule has 0 fully saturated rings. The minimum Gasteiger partial charge on any atom is -0.310 e. The van der Waals surface area contributed by atoms with Gasteiger partial charge in [-0.25, -0.2) is 4.85 Å². The first-order chi connectivity index (χ1) is 24.7. The highest BCUT2D eigenvalue weighted by Gasteiger charge is 2.34. The molecular formula is C47H29N3. The number of nitrogens with zero attached hydrogens (tertiary/aromatic N) is 3. The van der Waals surface area contributed by atoms with Crippen molar-refractivity contribution in [1.29, 1.82) is 0 Å². The molecule has 3 heteroatoms. The number of hydrogen-bond donors (Lipinski definition) is 0. The van der Waals surface area contributed by atoms with Gasteiger partial charge in [0, 0.05) is 39.1 Å². The molecule has 1 heterocycles. The van der Waals surface area contributed by atoms with Crippen molar-refractivity contribution in [3.05, 3.63) is 197 Å². The van der Waals surface area contributed by atoms with Gasteiger partial charge in [0.25, 0.3) is 0 Å². The molecule has 0 N–H and O–H groups in total. The first-order valence-corrected chi connectivity index (χ1v) is 17.2. The Morgan fingerprint density at radius 3 is 2.38 bits per heavy atom. The molecule has 0 amide bonds. The molecule has 7 aromatic rings. The maximum atomic E-state index is 7.56. The van der Waals surface area contributed by atoms with Gasteiger partial charge in [-0.1, -0.05) is 103 Å². The largest absolute Gasteiger partial charge is 0.310 e. The molecule has 3 nitrogen and oxygen atoms in total. The molecule has 4 aliphatic carbocycles. The molecule has 232 valence electrons. The number of aromatic nitrogens is 1. The number of rotatable bonds is 4. The van der Waals surface area contributed by atoms with Crippen LogP contribution < -0.4 is 4.90 Å². The second-order valence-electron chi connectivity index (χ2n) is 13.6. The second-order valence-corrected chi connectivity index (χ2v) is 13.6. The molecule has 1 unspecified atom stereocenters. The van der Waals surface area contributed by atoms with E-state index in [4.69, 9.17) is 6.57 Å². The third-order valence-corrected chi connectivity index (χ3v) is 11.0. The highest BCUT2D eigenvalue weighted by molar-refractivity contribution is 6.27. The molecule has 6 aromatic carbocycles. The van der Waals surface area contributed by atoms with Crippen molar-refractivity contribution in [2.45, 2.75) is 6.42 Å². The first-order valence-electron chi connectivity index (χ1n) is 17.2. The topological polar surface area (TPSA) is 12.5 Å². The van der Waals surface area contributed by atoms with Crippen LogP contribution in [0.2, 0.25) is 0 Å². The van der Waals surface area contributed by atoms with Crippen LogP contribution in [-0.4, -0.2) is 4.57 Å². The molecular weight excluding hydrogens is 607 g/mol. The van der Waals surface area contributed by atoms with E-state index in [2.05, 4.69) is 160 Å². The van der Waals surface area contributed by atoms with Gasteiger partial charge in [-0.15, -0.1) is 0 Å². The minimum atomic E-state index is 0.302. The maximum Gasteiger partial charge on any atom is 0.187 e. The molecule has 11 rings (SSSR count). The highest BCUT2D eigenvalue weighted by atomic mass is 15.1. The standard InChI is InChI=1S/C47H29N3/c1-48-36-18-21-37(22-19-36)49(38-20-16-29-6-2-3-7-33(29)26-38)41-24-25-43-47-40(41)23-17-32-10-5-11-42(46(32)47)50(43)39-27-34-14-12-30-8-4-9-31-13-15-35(28-39)45(34)44(30)31/h2-8,10-28,45H,9H2. The summed E-state index contributed by atoms with van der Waals surface area (Å²) in [5.74, 6) is 0.302. The van der Waals surface area contributed by atoms with Crippen LogP contribution >= 0.6 is 0 Å². The summed E-state index contributed by atoms with van der Waals surface area (Å²) in [7, 11) is 0. The number of anilines is 3. The zero-order valence-corrected chi connectivity index (χ0v) is 27.1. The van der Waals surface area contributed by atoms with Crippen LogP contribution in [0.25, 0.3) is 53.9 Å². The number of benzene rings is 6. The van der Waals surface area contributed by atoms with Crippen LogP contribution in [0.3, 0.4) is 0 Å². The van der Waals surface area contributed by atoms with E-state index in [9.17, 15) is 0 Å². The van der Waals surface area contributed by atoms with Crippen LogP contribution in [0.4, 0.5) is 22.7 Å². The Kier molecular flexibility index (Phi) is 5.57. The summed E-state index contributed by atoms with van der Waals surface area (Å²) in [5, 5.41) is 7.38. The third-order valence-electron chi connectivity index (χ3n) is 11.0. The molecule has 0 radical (unpaired) electrons. The highest BCUT2D eigenvalue weighted by Crippen LogP contribution is 2.50. The van der Waals surface area contributed by atoms with E-state index >= 15 is 0 Å². The van der Waals surface area contributed by atoms with Crippen LogP contribution in [0.1, 0.15) is 6.42 Å². The summed E-state index contributed by atoms with van der Waals surface area (Å²) in [6.07, 6.45) is 19.7. The van der Waals surface area contributed by atoms with E-state index in [0.29, 0.717) is 11.6 Å². The smallest absolute Gasteiger partial charge is 0.187 e. The minimum absolute atomic E-state index is 0.302. The van der Waals surface area contributed by atoms with E-state index in [1.54, 1.807) is 0 Å². The summed E-state index contributed by atoms with van der Waals surface area (Å²) in [6.45, 7) is 7.56. The third kappa shape index (κ3) is 3.79. The van der Waals surface area contributed by atoms with Crippen molar-refractivity contribution < 1.29 is 0 Å². The molecule has 0 saturated heterocycles. The van der Waals surface area contributed by atoms with E-state index < -0.39 is 0 Å². The molecule has 1 aromatic heterocycles. The van der Waals surface area contributed by atoms with Crippen molar-refractivity contribution in [3.8, 4) is 0 Å². The van der Waals surface area contributed by atoms with E-state index in [0.717, 1.165) is 23.5 Å². The van der Waals surface area contributed by atoms with E-state index in [-0.39, 0.29) is 0 Å². The Bertz CT molecular complexity index is 2890. The van der Waals surface area contributed by atoms with Gasteiger partial charge in [0.05, 0.1) is 23.3 Å². The van der Waals surface area contributed by atoms with Crippen molar-refractivity contribution in [2.75, 3.05) is 4.90 Å². The summed E-state index contributed by atoms with van der Waals surface area (Å²) in [6, 6.07) is 39.0. The van der Waals surface area contributed by atoms with Gasteiger partial charge in [0.1, 0.15) is 0 Å². The summed E-state index contributed by atoms with van der Waals surface area (Å²) >= 11 is 0. The van der Waals surface area contributed by atoms with Gasteiger partial charge in [0.15, 0.2) is 5.69 Å². The van der Waals surface area contributed by atoms with Crippen LogP contribution in [0.5, 0.6) is 0 Å². The lowest BCUT2D eigenvalue weighted by Crippen LogP contribution is -2.22. The normalized spacial score (nSPS) is 17.5. The Balaban J connectivity index is 1.15. The van der Waals surface area contributed by atoms with Gasteiger partial charge in [-0.3, -0.25) is 0 Å². The number of allylic oxidation sites excluding steroid dienone is 14. The zero-order valence-electron chi connectivity index (χ0n) is 27.1. The van der Waals surface area contributed by atoms with Gasteiger partial charge in [-0.05, 0) is 105 Å². The van der Waals surface area contributed by atoms with Gasteiger partial charge >= 0.3 is 0 Å². The van der Waals surface area contributed by atoms with Crippen LogP contribution in [0, 0.1) is 12.5 Å². The Morgan fingerprint density at radius 2 is 1.48 bits per heavy atom. The monoisotopic (exact) mass is 635 g/mol. The Labute approximate surface area is 289 Å². The van der Waals surface area contributed by atoms with Gasteiger partial charge < -0.3 is 9.47 Å². The van der Waals surface area contributed by atoms with Crippen molar-refractivity contribution in [1.82, 2.24) is 4.57 Å². The zero-order chi connectivity index (χ0) is 32.9. The first kappa shape index (κ1) is 27.3. The van der Waals surface area contributed by atoms with Gasteiger partial charge in [-0.2, -0.15) is 0 Å². The van der Waals surface area contributed by atoms with Crippen LogP contribution in [0.15, 0.2) is 186 Å². The molecule has 50 heavy (non-hydrogen) atoms. The molecule has 1 atom stereocenters. The van der Waals surface area contributed by atoms with E-state index in [1.165, 1.54) is 76.9 Å². The summed E-state index contributed by atoms with van der Waals surface area (Å²) in [5.41, 5.74) is 14.4. The van der Waals surface area contributed by atoms with Crippen molar-refractivity contribution in [3.63, 3.8) is 0 Å². The molecule has 0 spiro atoms. The quantitative estimate of drug-likeness (QED) is 0.138. The Hall–Kier alpha value is -6.63. The maximum absolute atomic E-state index is 7.56. The lowest BCUT2D eigenvalue weighted by Gasteiger charge is -2.36. The lowest BCUT2D eigenvalue weighted by molar-refractivity contribution is 0.830. The SMILES string of the molecule is [C-]#[N+]c1ccc(N(c2ccc3ccccc3c2)c2ccc3c4c2ccc2cccc(c24)n3C2=CC3=CC=C4CC=CC5=C4C3C(=C2)C=C5)cc1. The second kappa shape index (κ2) is 10.2. The molecule has 4 aliphatic rings. The number of hydrogen-bond acceptors (Lipinski definition) is 1. The lowest BCUT2D eigenvalue weighted by atomic mass is 9.69. The number of fused-ring (bicyclic) bond motifs is 1. The predicted molar refractivity (Wildman–Crippen MR) is 209 cm³/mol. The summed E-state index contributed by atoms with van der Waals surface area (Å²) < 4.78 is 2.47. The van der Waals surface area contributed by atoms with Crippen molar-refractivity contribution in [2.24, 2.45) is 5.92 Å². The Morgan fingerprint density at radius 1 is 0.660 bits per heavy atom. The molecule has 0 bridgehead atoms. The van der Waals surface area contributed by atoms with E-state index in [1.807, 2.05) is 12.1 Å². The predicted octanol–water partition coefficient (Wildman–Crippen LogP) is 12.6. The fourth-order valence-electron chi connectivity index (χ4n) is 8.79. The fourth-order valence-corrected chi connectivity index (χ4v) is 8.79. The van der Waals surface area contributed by atoms with Crippen LogP contribution in [-0.2, 0) is 0 Å². The molecule has 0 saturated carbocycles. The summed E-state index contributed by atoms with van der Waals surface area (Å²) in [4.78, 5) is 6.01.